The second-order valence-electron chi connectivity index (χ2n) is 8.60. The first-order valence-electron chi connectivity index (χ1n) is 10.2. The van der Waals surface area contributed by atoms with E-state index in [1.54, 1.807) is 11.0 Å². The van der Waals surface area contributed by atoms with Crippen LogP contribution in [0.25, 0.3) is 22.4 Å². The molecule has 158 valence electrons. The number of carbonyl (C=O) groups is 1. The summed E-state index contributed by atoms with van der Waals surface area (Å²) in [6, 6.07) is 12.9. The summed E-state index contributed by atoms with van der Waals surface area (Å²) in [5, 5.41) is 0. The summed E-state index contributed by atoms with van der Waals surface area (Å²) in [5.74, 6) is 0.299. The number of ether oxygens (including phenoxy) is 1. The molecule has 4 rings (SSSR count). The van der Waals surface area contributed by atoms with Gasteiger partial charge in [-0.1, -0.05) is 12.1 Å². The second kappa shape index (κ2) is 7.63. The van der Waals surface area contributed by atoms with Crippen molar-refractivity contribution in [2.45, 2.75) is 26.4 Å². The largest absolute Gasteiger partial charge is 0.444 e. The van der Waals surface area contributed by atoms with Gasteiger partial charge in [0.05, 0.1) is 16.6 Å². The van der Waals surface area contributed by atoms with Crippen molar-refractivity contribution in [2.75, 3.05) is 31.1 Å². The van der Waals surface area contributed by atoms with Crippen LogP contribution in [0.3, 0.4) is 0 Å². The van der Waals surface area contributed by atoms with Crippen LogP contribution in [0.5, 0.6) is 0 Å². The first kappa shape index (κ1) is 20.2. The summed E-state index contributed by atoms with van der Waals surface area (Å²) in [6.45, 7) is 8.04. The number of aryl methyl sites for hydroxylation is 1. The van der Waals surface area contributed by atoms with Crippen molar-refractivity contribution in [1.29, 1.82) is 0 Å². The van der Waals surface area contributed by atoms with E-state index in [-0.39, 0.29) is 11.9 Å². The molecular formula is C23H27FN4O2. The van der Waals surface area contributed by atoms with Crippen LogP contribution in [-0.4, -0.2) is 52.3 Å². The third-order valence-electron chi connectivity index (χ3n) is 5.27. The summed E-state index contributed by atoms with van der Waals surface area (Å²) >= 11 is 0. The Labute approximate surface area is 175 Å². The number of halogens is 1. The Balaban J connectivity index is 1.54. The fraction of sp³-hybridized carbons (Fsp3) is 0.391. The Bertz CT molecular complexity index is 1080. The summed E-state index contributed by atoms with van der Waals surface area (Å²) in [4.78, 5) is 20.8. The highest BCUT2D eigenvalue weighted by molar-refractivity contribution is 5.81. The van der Waals surface area contributed by atoms with Gasteiger partial charge in [0.1, 0.15) is 17.2 Å². The maximum atomic E-state index is 14.7. The lowest BCUT2D eigenvalue weighted by Crippen LogP contribution is -2.50. The summed E-state index contributed by atoms with van der Waals surface area (Å²) < 4.78 is 22.1. The molecule has 7 heteroatoms. The number of benzene rings is 2. The van der Waals surface area contributed by atoms with Gasteiger partial charge in [-0.2, -0.15) is 0 Å². The van der Waals surface area contributed by atoms with Crippen molar-refractivity contribution in [3.05, 3.63) is 48.3 Å². The molecule has 1 aromatic heterocycles. The highest BCUT2D eigenvalue weighted by atomic mass is 19.1. The second-order valence-corrected chi connectivity index (χ2v) is 8.60. The molecule has 2 heterocycles. The van der Waals surface area contributed by atoms with E-state index in [2.05, 4.69) is 9.88 Å². The molecule has 0 radical (unpaired) electrons. The zero-order valence-electron chi connectivity index (χ0n) is 17.9. The molecule has 1 saturated heterocycles. The fourth-order valence-corrected chi connectivity index (χ4v) is 3.74. The topological polar surface area (TPSA) is 50.6 Å². The molecule has 0 bridgehead atoms. The molecular weight excluding hydrogens is 383 g/mol. The molecule has 0 N–H and O–H groups in total. The van der Waals surface area contributed by atoms with Crippen molar-refractivity contribution < 1.29 is 13.9 Å². The van der Waals surface area contributed by atoms with Crippen LogP contribution in [0.1, 0.15) is 20.8 Å². The SMILES string of the molecule is Cn1c(-c2cc(N3CCN(C(=O)OC(C)(C)C)CC3)ccc2F)nc2ccccc21. The van der Waals surface area contributed by atoms with Crippen LogP contribution in [0.4, 0.5) is 14.9 Å². The molecule has 0 saturated carbocycles. The van der Waals surface area contributed by atoms with Gasteiger partial charge in [0.15, 0.2) is 0 Å². The Morgan fingerprint density at radius 2 is 1.77 bits per heavy atom. The standard InChI is InChI=1S/C23H27FN4O2/c1-23(2,3)30-22(29)28-13-11-27(12-14-28)16-9-10-18(24)17(15-16)21-25-19-7-5-6-8-20(19)26(21)4/h5-10,15H,11-14H2,1-4H3. The first-order valence-corrected chi connectivity index (χ1v) is 10.2. The molecule has 0 aliphatic carbocycles. The molecule has 6 nitrogen and oxygen atoms in total. The van der Waals surface area contributed by atoms with E-state index in [0.29, 0.717) is 37.6 Å². The molecule has 3 aromatic rings. The number of nitrogens with zero attached hydrogens (tertiary/aromatic N) is 4. The lowest BCUT2D eigenvalue weighted by molar-refractivity contribution is 0.0240. The number of amides is 1. The lowest BCUT2D eigenvalue weighted by atomic mass is 10.1. The molecule has 1 amide bonds. The van der Waals surface area contributed by atoms with Crippen LogP contribution in [0.15, 0.2) is 42.5 Å². The average molecular weight is 410 g/mol. The first-order chi connectivity index (χ1) is 14.2. The quantitative estimate of drug-likeness (QED) is 0.627. The number of para-hydroxylation sites is 2. The van der Waals surface area contributed by atoms with Gasteiger partial charge in [0, 0.05) is 38.9 Å². The highest BCUT2D eigenvalue weighted by Gasteiger charge is 2.26. The van der Waals surface area contributed by atoms with Gasteiger partial charge < -0.3 is 19.1 Å². The van der Waals surface area contributed by atoms with E-state index in [0.717, 1.165) is 16.7 Å². The highest BCUT2D eigenvalue weighted by Crippen LogP contribution is 2.30. The minimum atomic E-state index is -0.508. The van der Waals surface area contributed by atoms with Gasteiger partial charge in [0.25, 0.3) is 0 Å². The van der Waals surface area contributed by atoms with Gasteiger partial charge in [0.2, 0.25) is 0 Å². The van der Waals surface area contributed by atoms with Crippen LogP contribution < -0.4 is 4.90 Å². The number of piperazine rings is 1. The number of aromatic nitrogens is 2. The number of hydrogen-bond acceptors (Lipinski definition) is 4. The predicted octanol–water partition coefficient (Wildman–Crippen LogP) is 4.44. The minimum absolute atomic E-state index is 0.290. The van der Waals surface area contributed by atoms with Crippen molar-refractivity contribution in [1.82, 2.24) is 14.5 Å². The average Bonchev–Trinajstić information content (AvgIpc) is 3.04. The molecule has 2 aromatic carbocycles. The minimum Gasteiger partial charge on any atom is -0.444 e. The number of imidazole rings is 1. The number of hydrogen-bond donors (Lipinski definition) is 0. The maximum Gasteiger partial charge on any atom is 0.410 e. The predicted molar refractivity (Wildman–Crippen MR) is 116 cm³/mol. The number of carbonyl (C=O) groups excluding carboxylic acids is 1. The number of rotatable bonds is 2. The Morgan fingerprint density at radius 3 is 2.43 bits per heavy atom. The van der Waals surface area contributed by atoms with Crippen molar-refractivity contribution in [2.24, 2.45) is 7.05 Å². The van der Waals surface area contributed by atoms with Crippen molar-refractivity contribution in [3.8, 4) is 11.4 Å². The smallest absolute Gasteiger partial charge is 0.410 e. The van der Waals surface area contributed by atoms with E-state index in [4.69, 9.17) is 4.74 Å². The summed E-state index contributed by atoms with van der Waals surface area (Å²) in [5.41, 5.74) is 2.68. The van der Waals surface area contributed by atoms with Crippen LogP contribution in [-0.2, 0) is 11.8 Å². The summed E-state index contributed by atoms with van der Waals surface area (Å²) in [6.07, 6.45) is -0.290. The van der Waals surface area contributed by atoms with Crippen LogP contribution >= 0.6 is 0 Å². The van der Waals surface area contributed by atoms with Crippen molar-refractivity contribution >= 4 is 22.8 Å². The van der Waals surface area contributed by atoms with Gasteiger partial charge >= 0.3 is 6.09 Å². The van der Waals surface area contributed by atoms with Crippen LogP contribution in [0.2, 0.25) is 0 Å². The molecule has 0 unspecified atom stereocenters. The van der Waals surface area contributed by atoms with Gasteiger partial charge in [-0.3, -0.25) is 0 Å². The monoisotopic (exact) mass is 410 g/mol. The van der Waals surface area contributed by atoms with E-state index in [1.807, 2.05) is 62.7 Å². The van der Waals surface area contributed by atoms with E-state index >= 15 is 0 Å². The number of anilines is 1. The third-order valence-corrected chi connectivity index (χ3v) is 5.27. The zero-order chi connectivity index (χ0) is 21.5. The van der Waals surface area contributed by atoms with Gasteiger partial charge in [-0.15, -0.1) is 0 Å². The lowest BCUT2D eigenvalue weighted by Gasteiger charge is -2.36. The maximum absolute atomic E-state index is 14.7. The molecule has 0 atom stereocenters. The van der Waals surface area contributed by atoms with Gasteiger partial charge in [-0.25, -0.2) is 14.2 Å². The summed E-state index contributed by atoms with van der Waals surface area (Å²) in [7, 11) is 1.90. The zero-order valence-corrected chi connectivity index (χ0v) is 17.9. The molecule has 30 heavy (non-hydrogen) atoms. The fourth-order valence-electron chi connectivity index (χ4n) is 3.74. The van der Waals surface area contributed by atoms with Crippen molar-refractivity contribution in [3.63, 3.8) is 0 Å². The Kier molecular flexibility index (Phi) is 5.13. The third kappa shape index (κ3) is 3.97. The van der Waals surface area contributed by atoms with E-state index in [9.17, 15) is 9.18 Å². The Hall–Kier alpha value is -3.09. The Morgan fingerprint density at radius 1 is 1.07 bits per heavy atom. The normalized spacial score (nSPS) is 15.0. The van der Waals surface area contributed by atoms with Gasteiger partial charge in [-0.05, 0) is 51.1 Å². The molecule has 1 aliphatic heterocycles. The van der Waals surface area contributed by atoms with E-state index < -0.39 is 5.60 Å². The molecule has 1 fully saturated rings. The van der Waals surface area contributed by atoms with Crippen LogP contribution in [0, 0.1) is 5.82 Å². The molecule has 0 spiro atoms. The number of fused-ring (bicyclic) bond motifs is 1. The van der Waals surface area contributed by atoms with E-state index in [1.165, 1.54) is 6.07 Å². The molecule has 1 aliphatic rings.